The average Bonchev–Trinajstić information content (AvgIpc) is 2.39. The van der Waals surface area contributed by atoms with Crippen LogP contribution in [0.1, 0.15) is 11.1 Å². The number of halogens is 2. The van der Waals surface area contributed by atoms with Gasteiger partial charge in [0.1, 0.15) is 10.6 Å². The molecule has 22 heavy (non-hydrogen) atoms. The van der Waals surface area contributed by atoms with E-state index in [4.69, 9.17) is 28.3 Å². The summed E-state index contributed by atoms with van der Waals surface area (Å²) in [5.74, 6) is 0.107. The van der Waals surface area contributed by atoms with E-state index in [2.05, 4.69) is 5.10 Å². The molecule has 0 atom stereocenters. The van der Waals surface area contributed by atoms with Crippen molar-refractivity contribution in [3.8, 4) is 5.75 Å². The number of rotatable bonds is 4. The van der Waals surface area contributed by atoms with E-state index in [0.29, 0.717) is 5.56 Å². The van der Waals surface area contributed by atoms with E-state index in [1.165, 1.54) is 30.5 Å². The quantitative estimate of drug-likeness (QED) is 0.649. The third kappa shape index (κ3) is 3.91. The Hall–Kier alpha value is -1.76. The van der Waals surface area contributed by atoms with E-state index in [-0.39, 0.29) is 20.7 Å². The van der Waals surface area contributed by atoms with Crippen LogP contribution in [0.15, 0.2) is 46.4 Å². The zero-order chi connectivity index (χ0) is 16.3. The van der Waals surface area contributed by atoms with Gasteiger partial charge in [0.2, 0.25) is 0 Å². The van der Waals surface area contributed by atoms with Crippen LogP contribution >= 0.6 is 23.2 Å². The van der Waals surface area contributed by atoms with Crippen LogP contribution in [0, 0.1) is 6.92 Å². The average molecular weight is 359 g/mol. The van der Waals surface area contributed by atoms with Crippen molar-refractivity contribution in [2.24, 2.45) is 5.10 Å². The second-order valence-electron chi connectivity index (χ2n) is 4.50. The van der Waals surface area contributed by atoms with Gasteiger partial charge in [0, 0.05) is 0 Å². The Morgan fingerprint density at radius 3 is 2.23 bits per heavy atom. The molecular formula is C14H12Cl2N2O3S. The van der Waals surface area contributed by atoms with E-state index < -0.39 is 10.0 Å². The molecule has 2 aromatic rings. The van der Waals surface area contributed by atoms with Gasteiger partial charge in [0.25, 0.3) is 10.0 Å². The lowest BCUT2D eigenvalue weighted by Crippen LogP contribution is -2.19. The molecule has 0 saturated heterocycles. The van der Waals surface area contributed by atoms with Gasteiger partial charge in [-0.05, 0) is 54.4 Å². The lowest BCUT2D eigenvalue weighted by atomic mass is 10.2. The maximum Gasteiger partial charge on any atom is 0.279 e. The van der Waals surface area contributed by atoms with E-state index in [1.807, 2.05) is 4.83 Å². The Bertz CT molecular complexity index is 795. The highest BCUT2D eigenvalue weighted by Crippen LogP contribution is 2.30. The van der Waals surface area contributed by atoms with Crippen molar-refractivity contribution < 1.29 is 13.5 Å². The second kappa shape index (κ2) is 6.56. The van der Waals surface area contributed by atoms with Gasteiger partial charge in [-0.1, -0.05) is 23.2 Å². The molecule has 2 N–H and O–H groups in total. The van der Waals surface area contributed by atoms with Gasteiger partial charge < -0.3 is 5.11 Å². The van der Waals surface area contributed by atoms with Crippen molar-refractivity contribution in [3.63, 3.8) is 0 Å². The maximum atomic E-state index is 12.2. The van der Waals surface area contributed by atoms with Crippen LogP contribution in [0.5, 0.6) is 5.75 Å². The number of hydrogen-bond donors (Lipinski definition) is 2. The molecule has 0 spiro atoms. The van der Waals surface area contributed by atoms with Crippen molar-refractivity contribution in [3.05, 3.63) is 57.6 Å². The van der Waals surface area contributed by atoms with Crippen LogP contribution in [0.2, 0.25) is 10.0 Å². The zero-order valence-corrected chi connectivity index (χ0v) is 13.7. The number of hydrazone groups is 1. The third-order valence-corrected chi connectivity index (χ3v) is 4.83. The van der Waals surface area contributed by atoms with Crippen LogP contribution in [0.3, 0.4) is 0 Å². The summed E-state index contributed by atoms with van der Waals surface area (Å²) in [6.45, 7) is 1.75. The minimum absolute atomic E-state index is 0.0253. The first kappa shape index (κ1) is 16.6. The fourth-order valence-corrected chi connectivity index (χ4v) is 3.84. The maximum absolute atomic E-state index is 12.2. The minimum Gasteiger partial charge on any atom is -0.508 e. The highest BCUT2D eigenvalue weighted by Gasteiger charge is 2.21. The summed E-state index contributed by atoms with van der Waals surface area (Å²) in [6.07, 6.45) is 1.30. The van der Waals surface area contributed by atoms with Crippen LogP contribution in [0.4, 0.5) is 0 Å². The Balaban J connectivity index is 2.23. The van der Waals surface area contributed by atoms with E-state index in [1.54, 1.807) is 19.1 Å². The first-order chi connectivity index (χ1) is 10.3. The second-order valence-corrected chi connectivity index (χ2v) is 6.91. The van der Waals surface area contributed by atoms with Crippen molar-refractivity contribution in [2.45, 2.75) is 11.8 Å². The van der Waals surface area contributed by atoms with Gasteiger partial charge in [-0.15, -0.1) is 0 Å². The van der Waals surface area contributed by atoms with Crippen LogP contribution in [0.25, 0.3) is 0 Å². The highest BCUT2D eigenvalue weighted by molar-refractivity contribution is 7.89. The van der Waals surface area contributed by atoms with Gasteiger partial charge in [-0.25, -0.2) is 0 Å². The normalized spacial score (nSPS) is 11.8. The predicted molar refractivity (Wildman–Crippen MR) is 87.2 cm³/mol. The molecular weight excluding hydrogens is 347 g/mol. The van der Waals surface area contributed by atoms with Crippen molar-refractivity contribution in [1.82, 2.24) is 4.83 Å². The van der Waals surface area contributed by atoms with Crippen molar-refractivity contribution in [1.29, 1.82) is 0 Å². The number of nitrogens with zero attached hydrogens (tertiary/aromatic N) is 1. The number of nitrogens with one attached hydrogen (secondary N) is 1. The Morgan fingerprint density at radius 1 is 1.14 bits per heavy atom. The molecule has 0 saturated carbocycles. The molecule has 0 bridgehead atoms. The molecule has 116 valence electrons. The first-order valence-corrected chi connectivity index (χ1v) is 8.33. The molecule has 0 aliphatic heterocycles. The number of aromatic hydroxyl groups is 1. The number of phenolic OH excluding ortho intramolecular Hbond substituents is 1. The fourth-order valence-electron chi connectivity index (χ4n) is 1.72. The molecule has 0 unspecified atom stereocenters. The van der Waals surface area contributed by atoms with Crippen LogP contribution in [-0.2, 0) is 10.0 Å². The minimum atomic E-state index is -3.98. The summed E-state index contributed by atoms with van der Waals surface area (Å²) in [5, 5.41) is 12.9. The fraction of sp³-hybridized carbons (Fsp3) is 0.0714. The number of sulfonamides is 1. The van der Waals surface area contributed by atoms with Crippen LogP contribution < -0.4 is 4.83 Å². The molecule has 2 aromatic carbocycles. The Kier molecular flexibility index (Phi) is 4.95. The smallest absolute Gasteiger partial charge is 0.279 e. The molecule has 8 heteroatoms. The molecule has 0 heterocycles. The Labute approximate surface area is 138 Å². The third-order valence-electron chi connectivity index (χ3n) is 2.69. The first-order valence-electron chi connectivity index (χ1n) is 6.09. The van der Waals surface area contributed by atoms with Gasteiger partial charge in [0.15, 0.2) is 0 Å². The van der Waals surface area contributed by atoms with Gasteiger partial charge in [-0.3, -0.25) is 0 Å². The van der Waals surface area contributed by atoms with Crippen LogP contribution in [-0.4, -0.2) is 19.7 Å². The summed E-state index contributed by atoms with van der Waals surface area (Å²) in [6, 6.07) is 9.10. The SMILES string of the molecule is Cc1cc(Cl)c(S(=O)(=O)NN=Cc2ccc(O)cc2)c(Cl)c1. The Morgan fingerprint density at radius 2 is 1.68 bits per heavy atom. The van der Waals surface area contributed by atoms with Gasteiger partial charge >= 0.3 is 0 Å². The topological polar surface area (TPSA) is 78.8 Å². The summed E-state index contributed by atoms with van der Waals surface area (Å²) in [5.41, 5.74) is 1.36. The monoisotopic (exact) mass is 358 g/mol. The van der Waals surface area contributed by atoms with E-state index >= 15 is 0 Å². The molecule has 0 amide bonds. The zero-order valence-electron chi connectivity index (χ0n) is 11.4. The van der Waals surface area contributed by atoms with Crippen molar-refractivity contribution in [2.75, 3.05) is 0 Å². The summed E-state index contributed by atoms with van der Waals surface area (Å²) in [7, 11) is -3.98. The largest absolute Gasteiger partial charge is 0.508 e. The summed E-state index contributed by atoms with van der Waals surface area (Å²) in [4.78, 5) is 1.83. The lowest BCUT2D eigenvalue weighted by molar-refractivity contribution is 0.475. The van der Waals surface area contributed by atoms with E-state index in [9.17, 15) is 8.42 Å². The van der Waals surface area contributed by atoms with E-state index in [0.717, 1.165) is 5.56 Å². The van der Waals surface area contributed by atoms with Gasteiger partial charge in [-0.2, -0.15) is 18.4 Å². The summed E-state index contributed by atoms with van der Waals surface area (Å²) >= 11 is 11.9. The number of benzene rings is 2. The molecule has 0 aromatic heterocycles. The van der Waals surface area contributed by atoms with Crippen molar-refractivity contribution >= 4 is 39.4 Å². The molecule has 2 rings (SSSR count). The molecule has 0 aliphatic rings. The molecule has 5 nitrogen and oxygen atoms in total. The summed E-state index contributed by atoms with van der Waals surface area (Å²) < 4.78 is 24.4. The molecule has 0 aliphatic carbocycles. The molecule has 0 radical (unpaired) electrons. The predicted octanol–water partition coefficient (Wildman–Crippen LogP) is 3.32. The molecule has 0 fully saturated rings. The van der Waals surface area contributed by atoms with Gasteiger partial charge in [0.05, 0.1) is 16.3 Å². The number of phenols is 1. The number of hydrogen-bond acceptors (Lipinski definition) is 4. The number of aryl methyl sites for hydroxylation is 1. The lowest BCUT2D eigenvalue weighted by Gasteiger charge is -2.08. The standard InChI is InChI=1S/C14H12Cl2N2O3S/c1-9-6-12(15)14(13(16)7-9)22(20,21)18-17-8-10-2-4-11(19)5-3-10/h2-8,18-19H,1H3. The highest BCUT2D eigenvalue weighted by atomic mass is 35.5.